The van der Waals surface area contributed by atoms with Crippen molar-refractivity contribution in [2.75, 3.05) is 6.54 Å². The van der Waals surface area contributed by atoms with E-state index in [4.69, 9.17) is 0 Å². The van der Waals surface area contributed by atoms with Gasteiger partial charge in [0.15, 0.2) is 0 Å². The van der Waals surface area contributed by atoms with Gasteiger partial charge >= 0.3 is 0 Å². The van der Waals surface area contributed by atoms with Gasteiger partial charge in [-0.15, -0.1) is 5.10 Å². The Kier molecular flexibility index (Phi) is 5.84. The molecule has 7 heteroatoms. The van der Waals surface area contributed by atoms with Gasteiger partial charge in [-0.25, -0.2) is 0 Å². The summed E-state index contributed by atoms with van der Waals surface area (Å²) in [5, 5.41) is 25.1. The molecule has 1 aromatic heterocycles. The van der Waals surface area contributed by atoms with Gasteiger partial charge in [-0.05, 0) is 40.5 Å². The lowest BCUT2D eigenvalue weighted by molar-refractivity contribution is 0.317. The molecule has 1 aliphatic rings. The van der Waals surface area contributed by atoms with Crippen molar-refractivity contribution in [2.24, 2.45) is 27.6 Å². The molecular weight excluding hydrogens is 390 g/mol. The van der Waals surface area contributed by atoms with Crippen LogP contribution >= 0.6 is 0 Å². The van der Waals surface area contributed by atoms with E-state index >= 15 is 0 Å². The summed E-state index contributed by atoms with van der Waals surface area (Å²) in [4.78, 5) is 11.8. The smallest absolute Gasteiger partial charge is 0.250 e. The minimum absolute atomic E-state index is 0.0294. The highest BCUT2D eigenvalue weighted by atomic mass is 16.4. The van der Waals surface area contributed by atoms with Crippen LogP contribution < -0.4 is 5.56 Å². The lowest BCUT2D eigenvalue weighted by atomic mass is 9.83. The highest BCUT2D eigenvalue weighted by molar-refractivity contribution is 6.03. The van der Waals surface area contributed by atoms with Crippen LogP contribution in [-0.2, 0) is 7.05 Å². The van der Waals surface area contributed by atoms with E-state index in [1.54, 1.807) is 19.3 Å². The fraction of sp³-hybridized carbons (Fsp3) is 0.208. The molecule has 2 heterocycles. The van der Waals surface area contributed by atoms with Crippen LogP contribution in [0.4, 0.5) is 0 Å². The minimum atomic E-state index is -0.111. The molecular formula is C24H23N5O2. The summed E-state index contributed by atoms with van der Waals surface area (Å²) >= 11 is 0. The number of hydrogen-bond donors (Lipinski definition) is 1. The quantitative estimate of drug-likeness (QED) is 0.371. The van der Waals surface area contributed by atoms with E-state index in [9.17, 15) is 10.0 Å². The lowest BCUT2D eigenvalue weighted by Crippen LogP contribution is -2.18. The van der Waals surface area contributed by atoms with E-state index in [0.717, 1.165) is 28.0 Å². The molecule has 0 fully saturated rings. The molecule has 0 saturated carbocycles. The second-order valence-corrected chi connectivity index (χ2v) is 7.58. The SMILES string of the molecule is Cc1ccccc1[C@H](C/C(=N\O)c1ccc(=O)n(C)c1)c1ccc(C2=NN=NC2)cc1. The Morgan fingerprint density at radius 1 is 1.13 bits per heavy atom. The van der Waals surface area contributed by atoms with Crippen LogP contribution in [0.1, 0.15) is 40.2 Å². The van der Waals surface area contributed by atoms with Gasteiger partial charge in [-0.3, -0.25) is 4.79 Å². The van der Waals surface area contributed by atoms with Crippen molar-refractivity contribution in [3.05, 3.63) is 105 Å². The predicted octanol–water partition coefficient (Wildman–Crippen LogP) is 4.26. The number of nitrogens with zero attached hydrogens (tertiary/aromatic N) is 5. The second kappa shape index (κ2) is 8.87. The average molecular weight is 413 g/mol. The molecule has 31 heavy (non-hydrogen) atoms. The highest BCUT2D eigenvalue weighted by Crippen LogP contribution is 2.32. The lowest BCUT2D eigenvalue weighted by Gasteiger charge is -2.21. The van der Waals surface area contributed by atoms with Crippen LogP contribution in [0.2, 0.25) is 0 Å². The van der Waals surface area contributed by atoms with Crippen molar-refractivity contribution in [3.63, 3.8) is 0 Å². The summed E-state index contributed by atoms with van der Waals surface area (Å²) < 4.78 is 1.48. The van der Waals surface area contributed by atoms with Crippen molar-refractivity contribution in [1.29, 1.82) is 0 Å². The van der Waals surface area contributed by atoms with Crippen molar-refractivity contribution in [1.82, 2.24) is 4.57 Å². The zero-order valence-corrected chi connectivity index (χ0v) is 17.4. The number of oxime groups is 1. The van der Waals surface area contributed by atoms with Gasteiger partial charge in [0.25, 0.3) is 0 Å². The Morgan fingerprint density at radius 3 is 2.55 bits per heavy atom. The molecule has 1 N–H and O–H groups in total. The van der Waals surface area contributed by atoms with Crippen molar-refractivity contribution >= 4 is 11.4 Å². The number of aryl methyl sites for hydroxylation is 2. The molecule has 4 rings (SSSR count). The maximum absolute atomic E-state index is 11.8. The largest absolute Gasteiger partial charge is 0.411 e. The normalized spacial score (nSPS) is 14.5. The van der Waals surface area contributed by atoms with Crippen LogP contribution in [0.15, 0.2) is 92.2 Å². The van der Waals surface area contributed by atoms with Gasteiger partial charge in [0.1, 0.15) is 6.54 Å². The third kappa shape index (κ3) is 4.35. The van der Waals surface area contributed by atoms with E-state index < -0.39 is 0 Å². The molecule has 7 nitrogen and oxygen atoms in total. The fourth-order valence-electron chi connectivity index (χ4n) is 3.83. The van der Waals surface area contributed by atoms with Gasteiger partial charge in [0, 0.05) is 37.2 Å². The van der Waals surface area contributed by atoms with Crippen molar-refractivity contribution in [3.8, 4) is 0 Å². The van der Waals surface area contributed by atoms with E-state index in [1.807, 2.05) is 24.3 Å². The summed E-state index contributed by atoms with van der Waals surface area (Å²) in [6.45, 7) is 2.57. The number of rotatable bonds is 6. The molecule has 0 unspecified atom stereocenters. The van der Waals surface area contributed by atoms with E-state index in [0.29, 0.717) is 24.2 Å². The summed E-state index contributed by atoms with van der Waals surface area (Å²) in [6, 6.07) is 19.6. The summed E-state index contributed by atoms with van der Waals surface area (Å²) in [7, 11) is 1.68. The minimum Gasteiger partial charge on any atom is -0.411 e. The third-order valence-electron chi connectivity index (χ3n) is 5.60. The highest BCUT2D eigenvalue weighted by Gasteiger charge is 2.21. The van der Waals surface area contributed by atoms with E-state index in [1.165, 1.54) is 10.6 Å². The van der Waals surface area contributed by atoms with Gasteiger partial charge in [-0.2, -0.15) is 5.11 Å². The van der Waals surface area contributed by atoms with Gasteiger partial charge < -0.3 is 9.77 Å². The first-order chi connectivity index (χ1) is 15.1. The van der Waals surface area contributed by atoms with Crippen LogP contribution in [0.3, 0.4) is 0 Å². The summed E-state index contributed by atoms with van der Waals surface area (Å²) in [5.41, 5.74) is 6.37. The molecule has 0 aliphatic carbocycles. The van der Waals surface area contributed by atoms with Crippen LogP contribution in [-0.4, -0.2) is 27.7 Å². The number of hydrogen-bond acceptors (Lipinski definition) is 6. The second-order valence-electron chi connectivity index (χ2n) is 7.58. The zero-order valence-electron chi connectivity index (χ0n) is 17.4. The first-order valence-corrected chi connectivity index (χ1v) is 10.0. The number of aromatic nitrogens is 1. The molecule has 0 amide bonds. The van der Waals surface area contributed by atoms with Crippen LogP contribution in [0.5, 0.6) is 0 Å². The van der Waals surface area contributed by atoms with Crippen molar-refractivity contribution in [2.45, 2.75) is 19.3 Å². The molecule has 1 atom stereocenters. The standard InChI is InChI=1S/C24H23N5O2/c1-16-5-3-4-6-20(16)21(13-22(27-31)19-11-12-24(30)29(2)15-19)17-7-9-18(10-8-17)23-14-25-28-26-23/h3-12,15,21,31H,13-14H2,1-2H3/b27-22+/t21-/m1/s1. The Hall–Kier alpha value is -3.87. The Balaban J connectivity index is 1.72. The summed E-state index contributed by atoms with van der Waals surface area (Å²) in [5.74, 6) is -0.0294. The monoisotopic (exact) mass is 413 g/mol. The Morgan fingerprint density at radius 2 is 1.90 bits per heavy atom. The fourth-order valence-corrected chi connectivity index (χ4v) is 3.83. The molecule has 1 aliphatic heterocycles. The predicted molar refractivity (Wildman–Crippen MR) is 120 cm³/mol. The van der Waals surface area contributed by atoms with E-state index in [2.05, 4.69) is 51.8 Å². The molecule has 156 valence electrons. The van der Waals surface area contributed by atoms with Gasteiger partial charge in [-0.1, -0.05) is 53.7 Å². The maximum Gasteiger partial charge on any atom is 0.250 e. The number of benzene rings is 2. The maximum atomic E-state index is 11.8. The molecule has 0 radical (unpaired) electrons. The first-order valence-electron chi connectivity index (χ1n) is 10.0. The molecule has 0 spiro atoms. The van der Waals surface area contributed by atoms with Crippen molar-refractivity contribution < 1.29 is 5.21 Å². The number of pyridine rings is 1. The topological polar surface area (TPSA) is 91.7 Å². The molecule has 0 bridgehead atoms. The van der Waals surface area contributed by atoms with E-state index in [-0.39, 0.29) is 11.5 Å². The van der Waals surface area contributed by atoms with Gasteiger partial charge in [0.05, 0.1) is 11.4 Å². The van der Waals surface area contributed by atoms with Crippen LogP contribution in [0.25, 0.3) is 0 Å². The van der Waals surface area contributed by atoms with Gasteiger partial charge in [0.2, 0.25) is 5.56 Å². The third-order valence-corrected chi connectivity index (χ3v) is 5.60. The zero-order chi connectivity index (χ0) is 21.8. The molecule has 3 aromatic rings. The first kappa shape index (κ1) is 20.4. The van der Waals surface area contributed by atoms with Crippen LogP contribution in [0, 0.1) is 6.92 Å². The molecule has 0 saturated heterocycles. The average Bonchev–Trinajstić information content (AvgIpc) is 3.33. The summed E-state index contributed by atoms with van der Waals surface area (Å²) in [6.07, 6.45) is 2.17. The molecule has 2 aromatic carbocycles. The Bertz CT molecular complexity index is 1240. The Labute approximate surface area is 180 Å².